The summed E-state index contributed by atoms with van der Waals surface area (Å²) < 4.78 is 0. The fourth-order valence-electron chi connectivity index (χ4n) is 2.62. The Bertz CT molecular complexity index is 495. The van der Waals surface area contributed by atoms with E-state index in [-0.39, 0.29) is 17.6 Å². The van der Waals surface area contributed by atoms with E-state index in [0.717, 1.165) is 32.4 Å². The van der Waals surface area contributed by atoms with Gasteiger partial charge in [-0.05, 0) is 44.5 Å². The van der Waals surface area contributed by atoms with Gasteiger partial charge in [0.25, 0.3) is 5.91 Å². The SMILES string of the molecule is CCCN(C(=O)c1ccc(C(=O)O)nc1)C1CCNCC1. The fraction of sp³-hybridized carbons (Fsp3) is 0.533. The number of carboxylic acid groups (broad SMARTS) is 1. The van der Waals surface area contributed by atoms with E-state index in [4.69, 9.17) is 5.11 Å². The van der Waals surface area contributed by atoms with E-state index in [1.807, 2.05) is 11.8 Å². The molecule has 21 heavy (non-hydrogen) atoms. The lowest BCUT2D eigenvalue weighted by Crippen LogP contribution is -2.46. The first-order chi connectivity index (χ1) is 10.1. The molecular weight excluding hydrogens is 270 g/mol. The molecule has 0 spiro atoms. The number of carboxylic acids is 1. The summed E-state index contributed by atoms with van der Waals surface area (Å²) in [5, 5.41) is 12.1. The molecule has 0 atom stereocenters. The number of carbonyl (C=O) groups excluding carboxylic acids is 1. The van der Waals surface area contributed by atoms with Gasteiger partial charge in [0.05, 0.1) is 5.56 Å². The monoisotopic (exact) mass is 291 g/mol. The third-order valence-corrected chi connectivity index (χ3v) is 3.70. The molecule has 2 heterocycles. The van der Waals surface area contributed by atoms with Gasteiger partial charge in [0.1, 0.15) is 5.69 Å². The summed E-state index contributed by atoms with van der Waals surface area (Å²) in [6.45, 7) is 4.61. The molecule has 0 unspecified atom stereocenters. The number of piperidine rings is 1. The Kier molecular flexibility index (Phi) is 5.27. The molecule has 1 aliphatic heterocycles. The molecule has 0 bridgehead atoms. The van der Waals surface area contributed by atoms with Crippen molar-refractivity contribution < 1.29 is 14.7 Å². The van der Waals surface area contributed by atoms with E-state index in [0.29, 0.717) is 12.1 Å². The van der Waals surface area contributed by atoms with Crippen LogP contribution in [0.25, 0.3) is 0 Å². The third kappa shape index (κ3) is 3.78. The molecule has 0 radical (unpaired) electrons. The zero-order chi connectivity index (χ0) is 15.2. The van der Waals surface area contributed by atoms with Crippen LogP contribution in [0.15, 0.2) is 18.3 Å². The summed E-state index contributed by atoms with van der Waals surface area (Å²) >= 11 is 0. The number of aromatic nitrogens is 1. The minimum atomic E-state index is -1.09. The van der Waals surface area contributed by atoms with Crippen molar-refractivity contribution in [2.75, 3.05) is 19.6 Å². The van der Waals surface area contributed by atoms with Crippen LogP contribution in [-0.2, 0) is 0 Å². The minimum Gasteiger partial charge on any atom is -0.477 e. The minimum absolute atomic E-state index is 0.0459. The maximum Gasteiger partial charge on any atom is 0.354 e. The maximum absolute atomic E-state index is 12.6. The van der Waals surface area contributed by atoms with Gasteiger partial charge in [-0.3, -0.25) is 4.79 Å². The Morgan fingerprint density at radius 1 is 1.38 bits per heavy atom. The topological polar surface area (TPSA) is 82.5 Å². The summed E-state index contributed by atoms with van der Waals surface area (Å²) in [4.78, 5) is 29.2. The number of pyridine rings is 1. The lowest BCUT2D eigenvalue weighted by molar-refractivity contribution is 0.0637. The van der Waals surface area contributed by atoms with E-state index >= 15 is 0 Å². The number of nitrogens with zero attached hydrogens (tertiary/aromatic N) is 2. The molecule has 2 N–H and O–H groups in total. The number of aromatic carboxylic acids is 1. The Morgan fingerprint density at radius 3 is 2.62 bits per heavy atom. The third-order valence-electron chi connectivity index (χ3n) is 3.70. The summed E-state index contributed by atoms with van der Waals surface area (Å²) in [5.74, 6) is -1.15. The molecule has 1 amide bonds. The zero-order valence-electron chi connectivity index (χ0n) is 12.2. The smallest absolute Gasteiger partial charge is 0.354 e. The number of amides is 1. The van der Waals surface area contributed by atoms with Crippen LogP contribution in [0.3, 0.4) is 0 Å². The van der Waals surface area contributed by atoms with Crippen molar-refractivity contribution in [1.29, 1.82) is 0 Å². The molecule has 1 saturated heterocycles. The second-order valence-electron chi connectivity index (χ2n) is 5.22. The quantitative estimate of drug-likeness (QED) is 0.856. The number of carbonyl (C=O) groups is 2. The van der Waals surface area contributed by atoms with E-state index < -0.39 is 5.97 Å². The number of rotatable bonds is 5. The Labute approximate surface area is 124 Å². The van der Waals surface area contributed by atoms with Crippen LogP contribution in [0.2, 0.25) is 0 Å². The molecule has 1 fully saturated rings. The Morgan fingerprint density at radius 2 is 2.10 bits per heavy atom. The highest BCUT2D eigenvalue weighted by molar-refractivity contribution is 5.95. The first-order valence-electron chi connectivity index (χ1n) is 7.34. The van der Waals surface area contributed by atoms with Crippen LogP contribution in [-0.4, -0.2) is 52.5 Å². The van der Waals surface area contributed by atoms with Crippen molar-refractivity contribution >= 4 is 11.9 Å². The largest absolute Gasteiger partial charge is 0.477 e. The molecule has 0 aromatic carbocycles. The number of nitrogens with one attached hydrogen (secondary N) is 1. The molecular formula is C15H21N3O3. The molecule has 114 valence electrons. The fourth-order valence-corrected chi connectivity index (χ4v) is 2.62. The van der Waals surface area contributed by atoms with Crippen molar-refractivity contribution in [1.82, 2.24) is 15.2 Å². The first kappa shape index (κ1) is 15.4. The van der Waals surface area contributed by atoms with Gasteiger partial charge in [-0.15, -0.1) is 0 Å². The molecule has 1 aliphatic rings. The van der Waals surface area contributed by atoms with Gasteiger partial charge in [0.2, 0.25) is 0 Å². The highest BCUT2D eigenvalue weighted by Crippen LogP contribution is 2.16. The predicted molar refractivity (Wildman–Crippen MR) is 78.4 cm³/mol. The highest BCUT2D eigenvalue weighted by Gasteiger charge is 2.25. The number of hydrogen-bond donors (Lipinski definition) is 2. The molecule has 6 nitrogen and oxygen atoms in total. The van der Waals surface area contributed by atoms with Crippen LogP contribution in [0.1, 0.15) is 47.0 Å². The average molecular weight is 291 g/mol. The van der Waals surface area contributed by atoms with E-state index in [2.05, 4.69) is 10.3 Å². The van der Waals surface area contributed by atoms with Gasteiger partial charge >= 0.3 is 5.97 Å². The average Bonchev–Trinajstić information content (AvgIpc) is 2.53. The van der Waals surface area contributed by atoms with Crippen molar-refractivity contribution in [3.8, 4) is 0 Å². The van der Waals surface area contributed by atoms with E-state index in [1.165, 1.54) is 12.3 Å². The van der Waals surface area contributed by atoms with Gasteiger partial charge in [0.15, 0.2) is 0 Å². The van der Waals surface area contributed by atoms with Crippen LogP contribution < -0.4 is 5.32 Å². The normalized spacial score (nSPS) is 15.7. The Balaban J connectivity index is 2.14. The van der Waals surface area contributed by atoms with Crippen LogP contribution in [0, 0.1) is 0 Å². The standard InChI is InChI=1S/C15H21N3O3/c1-2-9-18(12-5-7-16-8-6-12)14(19)11-3-4-13(15(20)21)17-10-11/h3-4,10,12,16H,2,5-9H2,1H3,(H,20,21). The molecule has 1 aromatic heterocycles. The highest BCUT2D eigenvalue weighted by atomic mass is 16.4. The van der Waals surface area contributed by atoms with Gasteiger partial charge < -0.3 is 15.3 Å². The van der Waals surface area contributed by atoms with Crippen molar-refractivity contribution in [3.63, 3.8) is 0 Å². The summed E-state index contributed by atoms with van der Waals surface area (Å²) in [5.41, 5.74) is 0.405. The lowest BCUT2D eigenvalue weighted by atomic mass is 10.0. The predicted octanol–water partition coefficient (Wildman–Crippen LogP) is 1.38. The lowest BCUT2D eigenvalue weighted by Gasteiger charge is -2.34. The van der Waals surface area contributed by atoms with Crippen molar-refractivity contribution in [3.05, 3.63) is 29.6 Å². The van der Waals surface area contributed by atoms with E-state index in [9.17, 15) is 9.59 Å². The zero-order valence-corrected chi connectivity index (χ0v) is 12.2. The summed E-state index contributed by atoms with van der Waals surface area (Å²) in [6, 6.07) is 3.17. The number of hydrogen-bond acceptors (Lipinski definition) is 4. The van der Waals surface area contributed by atoms with Crippen molar-refractivity contribution in [2.45, 2.75) is 32.2 Å². The molecule has 0 saturated carbocycles. The van der Waals surface area contributed by atoms with Gasteiger partial charge in [-0.2, -0.15) is 0 Å². The van der Waals surface area contributed by atoms with Gasteiger partial charge in [0, 0.05) is 18.8 Å². The van der Waals surface area contributed by atoms with Gasteiger partial charge in [-0.25, -0.2) is 9.78 Å². The molecule has 1 aromatic rings. The van der Waals surface area contributed by atoms with E-state index in [1.54, 1.807) is 6.07 Å². The Hall–Kier alpha value is -1.95. The second-order valence-corrected chi connectivity index (χ2v) is 5.22. The molecule has 0 aliphatic carbocycles. The van der Waals surface area contributed by atoms with Gasteiger partial charge in [-0.1, -0.05) is 6.92 Å². The summed E-state index contributed by atoms with van der Waals surface area (Å²) in [7, 11) is 0. The van der Waals surface area contributed by atoms with Crippen molar-refractivity contribution in [2.24, 2.45) is 0 Å². The summed E-state index contributed by atoms with van der Waals surface area (Å²) in [6.07, 6.45) is 4.16. The molecule has 6 heteroatoms. The first-order valence-corrected chi connectivity index (χ1v) is 7.34. The van der Waals surface area contributed by atoms with Crippen LogP contribution in [0.4, 0.5) is 0 Å². The van der Waals surface area contributed by atoms with Crippen LogP contribution in [0.5, 0.6) is 0 Å². The maximum atomic E-state index is 12.6. The second kappa shape index (κ2) is 7.17. The van der Waals surface area contributed by atoms with Crippen LogP contribution >= 0.6 is 0 Å². The molecule has 2 rings (SSSR count).